The number of esters is 1. The van der Waals surface area contributed by atoms with E-state index in [9.17, 15) is 9.59 Å². The van der Waals surface area contributed by atoms with Crippen molar-refractivity contribution in [2.24, 2.45) is 0 Å². The first kappa shape index (κ1) is 17.7. The van der Waals surface area contributed by atoms with Crippen molar-refractivity contribution < 1.29 is 18.7 Å². The van der Waals surface area contributed by atoms with Gasteiger partial charge in [0.15, 0.2) is 0 Å². The molecule has 4 rings (SSSR count). The van der Waals surface area contributed by atoms with Crippen LogP contribution in [-0.4, -0.2) is 32.7 Å². The van der Waals surface area contributed by atoms with Crippen molar-refractivity contribution in [3.63, 3.8) is 0 Å². The average Bonchev–Trinajstić information content (AvgIpc) is 3.09. The summed E-state index contributed by atoms with van der Waals surface area (Å²) in [5.74, 6) is 0.0619. The van der Waals surface area contributed by atoms with Crippen LogP contribution in [0, 0.1) is 13.8 Å². The summed E-state index contributed by atoms with van der Waals surface area (Å²) in [6.07, 6.45) is 0. The van der Waals surface area contributed by atoms with E-state index in [4.69, 9.17) is 13.9 Å². The van der Waals surface area contributed by atoms with Gasteiger partial charge in [-0.15, -0.1) is 5.10 Å². The van der Waals surface area contributed by atoms with Gasteiger partial charge in [0.05, 0.1) is 7.11 Å². The van der Waals surface area contributed by atoms with Crippen molar-refractivity contribution in [3.8, 4) is 5.75 Å². The summed E-state index contributed by atoms with van der Waals surface area (Å²) in [6.45, 7) is 3.55. The Morgan fingerprint density at radius 3 is 2.79 bits per heavy atom. The molecule has 1 aromatic carbocycles. The van der Waals surface area contributed by atoms with Crippen molar-refractivity contribution in [1.82, 2.24) is 19.6 Å². The van der Waals surface area contributed by atoms with Crippen LogP contribution in [-0.2, 0) is 11.3 Å². The van der Waals surface area contributed by atoms with E-state index in [1.54, 1.807) is 18.2 Å². The van der Waals surface area contributed by atoms with E-state index in [1.807, 2.05) is 19.9 Å². The van der Waals surface area contributed by atoms with E-state index < -0.39 is 11.6 Å². The van der Waals surface area contributed by atoms with E-state index in [-0.39, 0.29) is 12.4 Å². The second-order valence-electron chi connectivity index (χ2n) is 6.22. The van der Waals surface area contributed by atoms with Crippen molar-refractivity contribution >= 4 is 22.7 Å². The topological polar surface area (TPSA) is 109 Å². The van der Waals surface area contributed by atoms with Crippen molar-refractivity contribution in [3.05, 3.63) is 63.5 Å². The number of ether oxygens (including phenoxy) is 2. The number of benzene rings is 1. The highest BCUT2D eigenvalue weighted by molar-refractivity contribution is 5.86. The largest absolute Gasteiger partial charge is 0.497 e. The molecule has 0 radical (unpaired) electrons. The highest BCUT2D eigenvalue weighted by atomic mass is 16.5. The fourth-order valence-corrected chi connectivity index (χ4v) is 2.92. The van der Waals surface area contributed by atoms with Crippen LogP contribution < -0.4 is 10.4 Å². The Bertz CT molecular complexity index is 1270. The highest BCUT2D eigenvalue weighted by Crippen LogP contribution is 2.23. The Balaban J connectivity index is 1.61. The number of carbonyl (C=O) groups is 1. The predicted molar refractivity (Wildman–Crippen MR) is 98.4 cm³/mol. The summed E-state index contributed by atoms with van der Waals surface area (Å²) >= 11 is 0. The fourth-order valence-electron chi connectivity index (χ4n) is 2.92. The third kappa shape index (κ3) is 3.18. The van der Waals surface area contributed by atoms with Gasteiger partial charge in [0.25, 0.3) is 11.6 Å². The van der Waals surface area contributed by atoms with Crippen LogP contribution in [0.3, 0.4) is 0 Å². The molecule has 0 aliphatic carbocycles. The summed E-state index contributed by atoms with van der Waals surface area (Å²) in [7, 11) is 1.52. The first-order chi connectivity index (χ1) is 13.4. The summed E-state index contributed by atoms with van der Waals surface area (Å²) in [5.41, 5.74) is 1.88. The maximum absolute atomic E-state index is 12.4. The number of methoxy groups -OCH3 is 1. The zero-order valence-corrected chi connectivity index (χ0v) is 15.4. The molecule has 0 fully saturated rings. The molecule has 9 heteroatoms. The van der Waals surface area contributed by atoms with Crippen LogP contribution >= 0.6 is 0 Å². The van der Waals surface area contributed by atoms with Gasteiger partial charge in [-0.3, -0.25) is 0 Å². The minimum Gasteiger partial charge on any atom is -0.497 e. The van der Waals surface area contributed by atoms with Gasteiger partial charge in [0, 0.05) is 34.5 Å². The zero-order valence-electron chi connectivity index (χ0n) is 15.4. The molecular weight excluding hydrogens is 364 g/mol. The molecule has 4 aromatic rings. The monoisotopic (exact) mass is 380 g/mol. The van der Waals surface area contributed by atoms with E-state index in [0.717, 1.165) is 11.4 Å². The molecule has 3 aromatic heterocycles. The van der Waals surface area contributed by atoms with Crippen LogP contribution in [0.1, 0.15) is 27.6 Å². The first-order valence-corrected chi connectivity index (χ1v) is 8.43. The Hall–Kier alpha value is -3.75. The Kier molecular flexibility index (Phi) is 4.26. The third-order valence-corrected chi connectivity index (χ3v) is 4.20. The van der Waals surface area contributed by atoms with E-state index in [1.165, 1.54) is 17.7 Å². The van der Waals surface area contributed by atoms with E-state index >= 15 is 0 Å². The molecule has 0 bridgehead atoms. The lowest BCUT2D eigenvalue weighted by Crippen LogP contribution is -2.09. The van der Waals surface area contributed by atoms with Crippen molar-refractivity contribution in [2.75, 3.05) is 7.11 Å². The highest BCUT2D eigenvalue weighted by Gasteiger charge is 2.17. The maximum Gasteiger partial charge on any atom is 0.378 e. The number of rotatable bonds is 4. The maximum atomic E-state index is 12.4. The van der Waals surface area contributed by atoms with Gasteiger partial charge in [-0.05, 0) is 32.0 Å². The van der Waals surface area contributed by atoms with Crippen LogP contribution in [0.2, 0.25) is 0 Å². The minimum absolute atomic E-state index is 0.102. The van der Waals surface area contributed by atoms with Gasteiger partial charge in [0.1, 0.15) is 17.9 Å². The Morgan fingerprint density at radius 2 is 2.00 bits per heavy atom. The molecule has 0 aliphatic rings. The number of hydrogen-bond acceptors (Lipinski definition) is 8. The molecule has 0 saturated carbocycles. The zero-order chi connectivity index (χ0) is 19.8. The molecule has 0 amide bonds. The molecule has 0 spiro atoms. The van der Waals surface area contributed by atoms with Crippen molar-refractivity contribution in [1.29, 1.82) is 0 Å². The Labute approximate surface area is 158 Å². The summed E-state index contributed by atoms with van der Waals surface area (Å²) < 4.78 is 17.1. The Morgan fingerprint density at radius 1 is 1.18 bits per heavy atom. The molecule has 0 aliphatic heterocycles. The predicted octanol–water partition coefficient (Wildman–Crippen LogP) is 2.21. The molecule has 3 heterocycles. The summed E-state index contributed by atoms with van der Waals surface area (Å²) in [6, 6.07) is 8.19. The molecule has 0 atom stereocenters. The summed E-state index contributed by atoms with van der Waals surface area (Å²) in [4.78, 5) is 32.6. The number of hydrogen-bond donors (Lipinski definition) is 0. The van der Waals surface area contributed by atoms with E-state index in [0.29, 0.717) is 28.1 Å². The quantitative estimate of drug-likeness (QED) is 0.392. The fraction of sp³-hybridized carbons (Fsp3) is 0.211. The van der Waals surface area contributed by atoms with Crippen molar-refractivity contribution in [2.45, 2.75) is 20.5 Å². The lowest BCUT2D eigenvalue weighted by Gasteiger charge is -2.07. The second kappa shape index (κ2) is 6.76. The molecule has 0 unspecified atom stereocenters. The molecule has 0 N–H and O–H groups in total. The molecule has 142 valence electrons. The normalized spacial score (nSPS) is 11.1. The second-order valence-corrected chi connectivity index (χ2v) is 6.22. The lowest BCUT2D eigenvalue weighted by atomic mass is 10.1. The number of nitrogens with zero attached hydrogens (tertiary/aromatic N) is 4. The number of fused-ring (bicyclic) bond motifs is 2. The number of carbonyl (C=O) groups excluding carboxylic acids is 1. The van der Waals surface area contributed by atoms with Gasteiger partial charge < -0.3 is 13.9 Å². The SMILES string of the molecule is COc1ccc2c(COC(=O)c3nc4nc(C)cc(C)n4n3)cc(=O)oc2c1. The van der Waals surface area contributed by atoms with E-state index in [2.05, 4.69) is 15.1 Å². The third-order valence-electron chi connectivity index (χ3n) is 4.20. The molecular formula is C19H16N4O5. The van der Waals surface area contributed by atoms with Crippen LogP contribution in [0.4, 0.5) is 0 Å². The van der Waals surface area contributed by atoms with Crippen LogP contribution in [0.15, 0.2) is 39.5 Å². The summed E-state index contributed by atoms with van der Waals surface area (Å²) in [5, 5.41) is 4.78. The van der Waals surface area contributed by atoms with Gasteiger partial charge in [-0.25, -0.2) is 19.1 Å². The van der Waals surface area contributed by atoms with Crippen LogP contribution in [0.5, 0.6) is 5.75 Å². The lowest BCUT2D eigenvalue weighted by molar-refractivity contribution is 0.0459. The number of aryl methyl sites for hydroxylation is 2. The average molecular weight is 380 g/mol. The first-order valence-electron chi connectivity index (χ1n) is 8.43. The van der Waals surface area contributed by atoms with Gasteiger partial charge in [-0.1, -0.05) is 0 Å². The van der Waals surface area contributed by atoms with Crippen LogP contribution in [0.25, 0.3) is 16.7 Å². The number of aromatic nitrogens is 4. The van der Waals surface area contributed by atoms with Gasteiger partial charge in [0.2, 0.25) is 0 Å². The standard InChI is InChI=1S/C19H16N4O5/c1-10-6-11(2)23-19(20-10)21-17(22-23)18(25)27-9-12-7-16(24)28-15-8-13(26-3)4-5-14(12)15/h4-8H,9H2,1-3H3. The molecule has 28 heavy (non-hydrogen) atoms. The smallest absolute Gasteiger partial charge is 0.378 e. The minimum atomic E-state index is -0.711. The molecule has 0 saturated heterocycles. The van der Waals surface area contributed by atoms with Gasteiger partial charge in [-0.2, -0.15) is 4.98 Å². The van der Waals surface area contributed by atoms with Gasteiger partial charge >= 0.3 is 11.6 Å². The molecule has 9 nitrogen and oxygen atoms in total.